The van der Waals surface area contributed by atoms with Gasteiger partial charge >= 0.3 is 0 Å². The first kappa shape index (κ1) is 14.2. The van der Waals surface area contributed by atoms with E-state index in [9.17, 15) is 4.79 Å². The highest BCUT2D eigenvalue weighted by molar-refractivity contribution is 7.80. The molecule has 0 spiro atoms. The lowest BCUT2D eigenvalue weighted by atomic mass is 9.97. The van der Waals surface area contributed by atoms with E-state index in [1.807, 2.05) is 25.8 Å². The van der Waals surface area contributed by atoms with Gasteiger partial charge in [0.15, 0.2) is 5.11 Å². The predicted molar refractivity (Wildman–Crippen MR) is 73.9 cm³/mol. The molecule has 1 heterocycles. The summed E-state index contributed by atoms with van der Waals surface area (Å²) in [6.07, 6.45) is 2.03. The fourth-order valence-electron chi connectivity index (χ4n) is 2.31. The van der Waals surface area contributed by atoms with Gasteiger partial charge in [-0.15, -0.1) is 0 Å². The Morgan fingerprint density at radius 1 is 1.47 bits per heavy atom. The molecular formula is C12H23N3OS. The van der Waals surface area contributed by atoms with Crippen LogP contribution in [-0.4, -0.2) is 54.0 Å². The topological polar surface area (TPSA) is 35.6 Å². The van der Waals surface area contributed by atoms with Gasteiger partial charge in [-0.25, -0.2) is 0 Å². The molecule has 17 heavy (non-hydrogen) atoms. The summed E-state index contributed by atoms with van der Waals surface area (Å²) in [5.41, 5.74) is 0. The van der Waals surface area contributed by atoms with Crippen LogP contribution in [0.5, 0.6) is 0 Å². The SMILES string of the molecule is CCN(CC)C(=O)C1CCCN(C(=S)NC)C1. The number of amides is 1. The minimum Gasteiger partial charge on any atom is -0.366 e. The second kappa shape index (κ2) is 6.79. The summed E-state index contributed by atoms with van der Waals surface area (Å²) < 4.78 is 0. The van der Waals surface area contributed by atoms with E-state index in [1.54, 1.807) is 0 Å². The van der Waals surface area contributed by atoms with Crippen molar-refractivity contribution in [1.82, 2.24) is 15.1 Å². The number of hydrogen-bond acceptors (Lipinski definition) is 2. The molecule has 1 amide bonds. The van der Waals surface area contributed by atoms with E-state index < -0.39 is 0 Å². The minimum atomic E-state index is 0.106. The van der Waals surface area contributed by atoms with Gasteiger partial charge in [-0.05, 0) is 38.9 Å². The quantitative estimate of drug-likeness (QED) is 0.767. The molecular weight excluding hydrogens is 234 g/mol. The predicted octanol–water partition coefficient (Wildman–Crippen LogP) is 1.07. The molecule has 0 aliphatic carbocycles. The third-order valence-corrected chi connectivity index (χ3v) is 3.81. The van der Waals surface area contributed by atoms with Gasteiger partial charge in [-0.1, -0.05) is 0 Å². The smallest absolute Gasteiger partial charge is 0.227 e. The number of nitrogens with one attached hydrogen (secondary N) is 1. The highest BCUT2D eigenvalue weighted by Crippen LogP contribution is 2.18. The van der Waals surface area contributed by atoms with E-state index >= 15 is 0 Å². The normalized spacial score (nSPS) is 19.9. The second-order valence-corrected chi connectivity index (χ2v) is 4.74. The van der Waals surface area contributed by atoms with E-state index in [4.69, 9.17) is 12.2 Å². The van der Waals surface area contributed by atoms with Crippen molar-refractivity contribution >= 4 is 23.2 Å². The number of nitrogens with zero attached hydrogens (tertiary/aromatic N) is 2. The average Bonchev–Trinajstić information content (AvgIpc) is 2.39. The van der Waals surface area contributed by atoms with E-state index in [1.165, 1.54) is 0 Å². The van der Waals surface area contributed by atoms with Gasteiger partial charge < -0.3 is 15.1 Å². The fourth-order valence-corrected chi connectivity index (χ4v) is 2.48. The van der Waals surface area contributed by atoms with E-state index in [0.29, 0.717) is 0 Å². The Bertz CT molecular complexity index is 279. The van der Waals surface area contributed by atoms with Gasteiger partial charge in [0.05, 0.1) is 5.92 Å². The molecule has 1 fully saturated rings. The van der Waals surface area contributed by atoms with Crippen molar-refractivity contribution < 1.29 is 4.79 Å². The molecule has 1 aliphatic rings. The van der Waals surface area contributed by atoms with Gasteiger partial charge in [0.2, 0.25) is 5.91 Å². The van der Waals surface area contributed by atoms with E-state index in [0.717, 1.165) is 44.1 Å². The summed E-state index contributed by atoms with van der Waals surface area (Å²) >= 11 is 5.23. The van der Waals surface area contributed by atoms with Gasteiger partial charge in [-0.2, -0.15) is 0 Å². The van der Waals surface area contributed by atoms with Crippen LogP contribution in [0.2, 0.25) is 0 Å². The largest absolute Gasteiger partial charge is 0.366 e. The molecule has 0 bridgehead atoms. The molecule has 0 radical (unpaired) electrons. The molecule has 1 N–H and O–H groups in total. The number of carbonyl (C=O) groups excluding carboxylic acids is 1. The van der Waals surface area contributed by atoms with Crippen LogP contribution in [-0.2, 0) is 4.79 Å². The highest BCUT2D eigenvalue weighted by atomic mass is 32.1. The Morgan fingerprint density at radius 2 is 2.12 bits per heavy atom. The molecule has 0 saturated carbocycles. The molecule has 1 aliphatic heterocycles. The molecule has 1 saturated heterocycles. The van der Waals surface area contributed by atoms with Gasteiger partial charge in [0.25, 0.3) is 0 Å². The maximum atomic E-state index is 12.3. The van der Waals surface area contributed by atoms with Crippen LogP contribution in [0.1, 0.15) is 26.7 Å². The Kier molecular flexibility index (Phi) is 5.68. The van der Waals surface area contributed by atoms with Crippen LogP contribution >= 0.6 is 12.2 Å². The van der Waals surface area contributed by atoms with Gasteiger partial charge in [0.1, 0.15) is 0 Å². The number of piperidine rings is 1. The van der Waals surface area contributed by atoms with E-state index in [2.05, 4.69) is 10.2 Å². The maximum absolute atomic E-state index is 12.3. The zero-order valence-corrected chi connectivity index (χ0v) is 11.8. The summed E-state index contributed by atoms with van der Waals surface area (Å²) in [5, 5.41) is 3.74. The lowest BCUT2D eigenvalue weighted by molar-refractivity contribution is -0.136. The van der Waals surface area contributed by atoms with Crippen molar-refractivity contribution in [3.8, 4) is 0 Å². The van der Waals surface area contributed by atoms with Crippen molar-refractivity contribution in [2.45, 2.75) is 26.7 Å². The number of rotatable bonds is 3. The van der Waals surface area contributed by atoms with Crippen LogP contribution in [0.15, 0.2) is 0 Å². The highest BCUT2D eigenvalue weighted by Gasteiger charge is 2.28. The van der Waals surface area contributed by atoms with Crippen molar-refractivity contribution in [3.63, 3.8) is 0 Å². The number of hydrogen-bond donors (Lipinski definition) is 1. The average molecular weight is 257 g/mol. The lowest BCUT2D eigenvalue weighted by Crippen LogP contribution is -2.48. The standard InChI is InChI=1S/C12H23N3OS/c1-4-14(5-2)11(16)10-7-6-8-15(9-10)12(17)13-3/h10H,4-9H2,1-3H3,(H,13,17). The molecule has 4 nitrogen and oxygen atoms in total. The third kappa shape index (κ3) is 3.56. The third-order valence-electron chi connectivity index (χ3n) is 3.35. The molecule has 5 heteroatoms. The van der Waals surface area contributed by atoms with Crippen molar-refractivity contribution in [2.24, 2.45) is 5.92 Å². The van der Waals surface area contributed by atoms with Crippen molar-refractivity contribution in [2.75, 3.05) is 33.2 Å². The summed E-state index contributed by atoms with van der Waals surface area (Å²) in [5.74, 6) is 0.383. The summed E-state index contributed by atoms with van der Waals surface area (Å²) in [7, 11) is 1.83. The number of likely N-dealkylation sites (tertiary alicyclic amines) is 1. The van der Waals surface area contributed by atoms with Gasteiger partial charge in [-0.3, -0.25) is 4.79 Å². The lowest BCUT2D eigenvalue weighted by Gasteiger charge is -2.35. The first-order valence-corrected chi connectivity index (χ1v) is 6.80. The molecule has 98 valence electrons. The molecule has 1 atom stereocenters. The van der Waals surface area contributed by atoms with Gasteiger partial charge in [0, 0.05) is 33.2 Å². The zero-order valence-electron chi connectivity index (χ0n) is 11.0. The monoisotopic (exact) mass is 257 g/mol. The van der Waals surface area contributed by atoms with Crippen LogP contribution in [0.3, 0.4) is 0 Å². The Hall–Kier alpha value is -0.840. The number of carbonyl (C=O) groups is 1. The van der Waals surface area contributed by atoms with Crippen LogP contribution < -0.4 is 5.32 Å². The summed E-state index contributed by atoms with van der Waals surface area (Å²) in [6, 6.07) is 0. The molecule has 0 aromatic heterocycles. The van der Waals surface area contributed by atoms with Crippen LogP contribution in [0.25, 0.3) is 0 Å². The molecule has 0 aromatic carbocycles. The maximum Gasteiger partial charge on any atom is 0.227 e. The van der Waals surface area contributed by atoms with Crippen LogP contribution in [0.4, 0.5) is 0 Å². The minimum absolute atomic E-state index is 0.106. The molecule has 0 aromatic rings. The zero-order chi connectivity index (χ0) is 12.8. The molecule has 1 rings (SSSR count). The van der Waals surface area contributed by atoms with Crippen molar-refractivity contribution in [1.29, 1.82) is 0 Å². The Balaban J connectivity index is 2.60. The van der Waals surface area contributed by atoms with Crippen LogP contribution in [0, 0.1) is 5.92 Å². The number of thiocarbonyl (C=S) groups is 1. The first-order valence-electron chi connectivity index (χ1n) is 6.39. The van der Waals surface area contributed by atoms with Crippen molar-refractivity contribution in [3.05, 3.63) is 0 Å². The molecule has 1 unspecified atom stereocenters. The Morgan fingerprint density at radius 3 is 2.65 bits per heavy atom. The first-order chi connectivity index (χ1) is 8.13. The Labute approximate surface area is 109 Å². The summed E-state index contributed by atoms with van der Waals surface area (Å²) in [4.78, 5) is 16.3. The second-order valence-electron chi connectivity index (χ2n) is 4.35. The fraction of sp³-hybridized carbons (Fsp3) is 0.833. The summed E-state index contributed by atoms with van der Waals surface area (Å²) in [6.45, 7) is 7.36. The van der Waals surface area contributed by atoms with E-state index in [-0.39, 0.29) is 11.8 Å².